The molecule has 1 fully saturated rings. The maximum absolute atomic E-state index is 12.4. The fraction of sp³-hybridized carbons (Fsp3) is 0.643. The topological polar surface area (TPSA) is 66.9 Å². The molecule has 1 amide bonds. The van der Waals surface area contributed by atoms with Crippen LogP contribution in [-0.4, -0.2) is 35.0 Å². The van der Waals surface area contributed by atoms with Crippen molar-refractivity contribution in [3.63, 3.8) is 0 Å². The maximum atomic E-state index is 12.4. The fourth-order valence-corrected chi connectivity index (χ4v) is 2.40. The van der Waals surface area contributed by atoms with Gasteiger partial charge in [0, 0.05) is 18.8 Å². The molecule has 2 atom stereocenters. The summed E-state index contributed by atoms with van der Waals surface area (Å²) in [4.78, 5) is 20.6. The molecule has 0 spiro atoms. The van der Waals surface area contributed by atoms with Crippen LogP contribution in [0.25, 0.3) is 0 Å². The highest BCUT2D eigenvalue weighted by molar-refractivity contribution is 5.95. The van der Waals surface area contributed by atoms with E-state index in [9.17, 15) is 4.79 Å². The van der Waals surface area contributed by atoms with Gasteiger partial charge in [-0.25, -0.2) is 9.97 Å². The minimum Gasteiger partial charge on any atom is -0.348 e. The molecule has 2 N–H and O–H groups in total. The number of hydrogen-bond acceptors (Lipinski definition) is 4. The van der Waals surface area contributed by atoms with Crippen molar-refractivity contribution < 1.29 is 4.79 Å². The van der Waals surface area contributed by atoms with Crippen molar-refractivity contribution >= 4 is 5.91 Å². The van der Waals surface area contributed by atoms with E-state index in [4.69, 9.17) is 0 Å². The first-order valence-electron chi connectivity index (χ1n) is 6.91. The molecule has 1 aliphatic rings. The zero-order valence-corrected chi connectivity index (χ0v) is 11.8. The summed E-state index contributed by atoms with van der Waals surface area (Å²) in [6.45, 7) is 8.10. The number of carbonyl (C=O) groups excluding carboxylic acids is 1. The second-order valence-electron chi connectivity index (χ2n) is 5.53. The summed E-state index contributed by atoms with van der Waals surface area (Å²) in [5, 5.41) is 6.41. The van der Waals surface area contributed by atoms with E-state index < -0.39 is 0 Å². The molecule has 0 radical (unpaired) electrons. The molecule has 1 aromatic rings. The molecule has 104 valence electrons. The summed E-state index contributed by atoms with van der Waals surface area (Å²) in [6, 6.07) is 0.182. The minimum atomic E-state index is -0.0650. The highest BCUT2D eigenvalue weighted by Gasteiger charge is 2.24. The van der Waals surface area contributed by atoms with Gasteiger partial charge in [-0.2, -0.15) is 0 Å². The second-order valence-corrected chi connectivity index (χ2v) is 5.53. The molecule has 19 heavy (non-hydrogen) atoms. The summed E-state index contributed by atoms with van der Waals surface area (Å²) in [6.07, 6.45) is 4.20. The van der Waals surface area contributed by atoms with E-state index in [1.165, 1.54) is 6.33 Å². The normalized spacial score (nSPS) is 23.4. The average molecular weight is 262 g/mol. The Morgan fingerprint density at radius 3 is 3.00 bits per heavy atom. The van der Waals surface area contributed by atoms with Crippen LogP contribution in [-0.2, 0) is 0 Å². The van der Waals surface area contributed by atoms with Gasteiger partial charge in [0.1, 0.15) is 6.33 Å². The van der Waals surface area contributed by atoms with E-state index in [2.05, 4.69) is 27.5 Å². The number of carbonyl (C=O) groups is 1. The fourth-order valence-electron chi connectivity index (χ4n) is 2.40. The number of amides is 1. The van der Waals surface area contributed by atoms with Crippen LogP contribution in [0.3, 0.4) is 0 Å². The van der Waals surface area contributed by atoms with E-state index >= 15 is 0 Å². The molecular weight excluding hydrogens is 240 g/mol. The van der Waals surface area contributed by atoms with Crippen molar-refractivity contribution in [2.75, 3.05) is 13.1 Å². The Morgan fingerprint density at radius 1 is 1.53 bits per heavy atom. The zero-order chi connectivity index (χ0) is 13.8. The number of nitrogens with zero attached hydrogens (tertiary/aromatic N) is 2. The van der Waals surface area contributed by atoms with Crippen LogP contribution in [0.4, 0.5) is 0 Å². The van der Waals surface area contributed by atoms with E-state index in [1.807, 2.05) is 13.8 Å². The van der Waals surface area contributed by atoms with Crippen LogP contribution in [0, 0.1) is 5.92 Å². The van der Waals surface area contributed by atoms with Crippen molar-refractivity contribution in [2.45, 2.75) is 39.2 Å². The molecule has 0 saturated carbocycles. The zero-order valence-electron chi connectivity index (χ0n) is 11.8. The second kappa shape index (κ2) is 6.10. The lowest BCUT2D eigenvalue weighted by molar-refractivity contribution is 0.0913. The number of piperidine rings is 1. The highest BCUT2D eigenvalue weighted by Crippen LogP contribution is 2.17. The number of aromatic nitrogens is 2. The maximum Gasteiger partial charge on any atom is 0.254 e. The standard InChI is InChI=1S/C14H22N4O/c1-9(2)13-11(6-16-8-17-13)14(19)18-12-7-15-5-4-10(12)3/h6,8-10,12,15H,4-5,7H2,1-3H3,(H,18,19). The highest BCUT2D eigenvalue weighted by atomic mass is 16.1. The van der Waals surface area contributed by atoms with Crippen LogP contribution in [0.5, 0.6) is 0 Å². The van der Waals surface area contributed by atoms with Gasteiger partial charge < -0.3 is 10.6 Å². The van der Waals surface area contributed by atoms with Gasteiger partial charge in [-0.05, 0) is 24.8 Å². The van der Waals surface area contributed by atoms with Gasteiger partial charge in [-0.3, -0.25) is 4.79 Å². The summed E-state index contributed by atoms with van der Waals surface area (Å²) in [5.74, 6) is 0.646. The van der Waals surface area contributed by atoms with E-state index in [-0.39, 0.29) is 17.9 Å². The summed E-state index contributed by atoms with van der Waals surface area (Å²) in [5.41, 5.74) is 1.40. The van der Waals surface area contributed by atoms with Gasteiger partial charge in [0.15, 0.2) is 0 Å². The SMILES string of the molecule is CC(C)c1ncncc1C(=O)NC1CNCCC1C. The Bertz CT molecular complexity index is 447. The number of rotatable bonds is 3. The molecule has 5 nitrogen and oxygen atoms in total. The lowest BCUT2D eigenvalue weighted by atomic mass is 9.94. The summed E-state index contributed by atoms with van der Waals surface area (Å²) < 4.78 is 0. The van der Waals surface area contributed by atoms with Crippen LogP contribution in [0.15, 0.2) is 12.5 Å². The smallest absolute Gasteiger partial charge is 0.254 e. The predicted molar refractivity (Wildman–Crippen MR) is 74.0 cm³/mol. The quantitative estimate of drug-likeness (QED) is 0.862. The Labute approximate surface area is 114 Å². The lowest BCUT2D eigenvalue weighted by Gasteiger charge is -2.30. The molecule has 5 heteroatoms. The van der Waals surface area contributed by atoms with Crippen LogP contribution >= 0.6 is 0 Å². The van der Waals surface area contributed by atoms with Gasteiger partial charge in [0.25, 0.3) is 5.91 Å². The Kier molecular flexibility index (Phi) is 4.47. The van der Waals surface area contributed by atoms with Crippen molar-refractivity contribution in [1.82, 2.24) is 20.6 Å². The first kappa shape index (κ1) is 13.9. The Hall–Kier alpha value is -1.49. The van der Waals surface area contributed by atoms with Crippen molar-refractivity contribution in [3.05, 3.63) is 23.8 Å². The van der Waals surface area contributed by atoms with Gasteiger partial charge in [-0.1, -0.05) is 20.8 Å². The first-order chi connectivity index (χ1) is 9.09. The molecule has 0 aliphatic carbocycles. The van der Waals surface area contributed by atoms with Crippen LogP contribution in [0.1, 0.15) is 49.2 Å². The van der Waals surface area contributed by atoms with Crippen molar-refractivity contribution in [2.24, 2.45) is 5.92 Å². The van der Waals surface area contributed by atoms with Gasteiger partial charge >= 0.3 is 0 Å². The lowest BCUT2D eigenvalue weighted by Crippen LogP contribution is -2.50. The third-order valence-corrected chi connectivity index (χ3v) is 3.68. The van der Waals surface area contributed by atoms with E-state index in [0.717, 1.165) is 25.2 Å². The molecule has 1 aromatic heterocycles. The van der Waals surface area contributed by atoms with E-state index in [1.54, 1.807) is 6.20 Å². The minimum absolute atomic E-state index is 0.0650. The van der Waals surface area contributed by atoms with Gasteiger partial charge in [0.05, 0.1) is 11.3 Å². The third kappa shape index (κ3) is 3.29. The molecule has 2 heterocycles. The Balaban J connectivity index is 2.11. The molecule has 1 aliphatic heterocycles. The predicted octanol–water partition coefficient (Wildman–Crippen LogP) is 1.33. The van der Waals surface area contributed by atoms with Gasteiger partial charge in [-0.15, -0.1) is 0 Å². The van der Waals surface area contributed by atoms with Crippen LogP contribution < -0.4 is 10.6 Å². The average Bonchev–Trinajstić information content (AvgIpc) is 2.41. The van der Waals surface area contributed by atoms with Crippen LogP contribution in [0.2, 0.25) is 0 Å². The molecule has 0 aromatic carbocycles. The molecule has 0 bridgehead atoms. The monoisotopic (exact) mass is 262 g/mol. The summed E-state index contributed by atoms with van der Waals surface area (Å²) >= 11 is 0. The Morgan fingerprint density at radius 2 is 2.32 bits per heavy atom. The van der Waals surface area contributed by atoms with Gasteiger partial charge in [0.2, 0.25) is 0 Å². The van der Waals surface area contributed by atoms with E-state index in [0.29, 0.717) is 11.5 Å². The molecule has 2 rings (SSSR count). The molecule has 2 unspecified atom stereocenters. The third-order valence-electron chi connectivity index (χ3n) is 3.68. The van der Waals surface area contributed by atoms with Crippen molar-refractivity contribution in [3.8, 4) is 0 Å². The largest absolute Gasteiger partial charge is 0.348 e. The number of hydrogen-bond donors (Lipinski definition) is 2. The molecule has 1 saturated heterocycles. The summed E-state index contributed by atoms with van der Waals surface area (Å²) in [7, 11) is 0. The molecular formula is C14H22N4O. The number of nitrogens with one attached hydrogen (secondary N) is 2. The van der Waals surface area contributed by atoms with Crippen molar-refractivity contribution in [1.29, 1.82) is 0 Å². The first-order valence-corrected chi connectivity index (χ1v) is 6.91.